The summed E-state index contributed by atoms with van der Waals surface area (Å²) < 4.78 is 17.8. The molecule has 7 heteroatoms. The molecule has 6 nitrogen and oxygen atoms in total. The van der Waals surface area contributed by atoms with Crippen molar-refractivity contribution in [2.24, 2.45) is 0 Å². The zero-order chi connectivity index (χ0) is 15.4. The molecular weight excluding hydrogens is 279 g/mol. The van der Waals surface area contributed by atoms with Crippen LogP contribution in [-0.2, 0) is 0 Å². The molecule has 1 amide bonds. The third kappa shape index (κ3) is 3.33. The average molecular weight is 290 g/mol. The predicted molar refractivity (Wildman–Crippen MR) is 74.0 cm³/mol. The van der Waals surface area contributed by atoms with Crippen LogP contribution in [-0.4, -0.2) is 17.9 Å². The second-order valence-corrected chi connectivity index (χ2v) is 4.10. The fraction of sp³-hybridized carbons (Fsp3) is 0.0714. The van der Waals surface area contributed by atoms with Crippen LogP contribution in [0.2, 0.25) is 0 Å². The van der Waals surface area contributed by atoms with Gasteiger partial charge >= 0.3 is 0 Å². The van der Waals surface area contributed by atoms with Crippen LogP contribution in [0.15, 0.2) is 42.5 Å². The summed E-state index contributed by atoms with van der Waals surface area (Å²) in [6.07, 6.45) is 0. The lowest BCUT2D eigenvalue weighted by atomic mass is 10.2. The van der Waals surface area contributed by atoms with Crippen LogP contribution in [0.25, 0.3) is 0 Å². The Morgan fingerprint density at radius 3 is 2.48 bits per heavy atom. The number of nitro benzene ring substituents is 1. The predicted octanol–water partition coefficient (Wildman–Crippen LogP) is 2.99. The summed E-state index contributed by atoms with van der Waals surface area (Å²) in [7, 11) is 1.38. The Balaban J connectivity index is 2.29. The number of carbonyl (C=O) groups excluding carboxylic acids is 1. The number of halogens is 1. The third-order valence-corrected chi connectivity index (χ3v) is 2.75. The van der Waals surface area contributed by atoms with E-state index in [-0.39, 0.29) is 22.7 Å². The molecule has 2 aromatic carbocycles. The molecule has 0 aliphatic heterocycles. The van der Waals surface area contributed by atoms with Crippen molar-refractivity contribution in [2.45, 2.75) is 0 Å². The van der Waals surface area contributed by atoms with E-state index < -0.39 is 16.6 Å². The van der Waals surface area contributed by atoms with Crippen LogP contribution < -0.4 is 10.1 Å². The lowest BCUT2D eigenvalue weighted by Crippen LogP contribution is -2.12. The molecule has 0 unspecified atom stereocenters. The van der Waals surface area contributed by atoms with Crippen LogP contribution in [0.4, 0.5) is 15.8 Å². The summed E-state index contributed by atoms with van der Waals surface area (Å²) in [4.78, 5) is 22.2. The van der Waals surface area contributed by atoms with Gasteiger partial charge in [0.05, 0.1) is 17.7 Å². The van der Waals surface area contributed by atoms with E-state index in [0.717, 1.165) is 12.1 Å². The third-order valence-electron chi connectivity index (χ3n) is 2.75. The summed E-state index contributed by atoms with van der Waals surface area (Å²) in [5.74, 6) is -0.690. The molecular formula is C14H11FN2O4. The van der Waals surface area contributed by atoms with Gasteiger partial charge in [-0.25, -0.2) is 4.39 Å². The number of nitrogens with one attached hydrogen (secondary N) is 1. The van der Waals surface area contributed by atoms with E-state index in [1.807, 2.05) is 0 Å². The Hall–Kier alpha value is -2.96. The molecule has 21 heavy (non-hydrogen) atoms. The highest BCUT2D eigenvalue weighted by Gasteiger charge is 2.14. The number of ether oxygens (including phenoxy) is 1. The Kier molecular flexibility index (Phi) is 4.13. The number of amides is 1. The first-order chi connectivity index (χ1) is 10.0. The second kappa shape index (κ2) is 6.00. The van der Waals surface area contributed by atoms with Crippen molar-refractivity contribution in [2.75, 3.05) is 12.4 Å². The SMILES string of the molecule is COc1ccc([N+](=O)[O-])cc1NC(=O)c1ccc(F)cc1. The number of hydrogen-bond donors (Lipinski definition) is 1. The fourth-order valence-electron chi connectivity index (χ4n) is 1.70. The molecule has 0 spiro atoms. The topological polar surface area (TPSA) is 81.5 Å². The molecule has 1 N–H and O–H groups in total. The van der Waals surface area contributed by atoms with Crippen LogP contribution in [0.3, 0.4) is 0 Å². The molecule has 0 aromatic heterocycles. The zero-order valence-corrected chi connectivity index (χ0v) is 11.0. The van der Waals surface area contributed by atoms with Gasteiger partial charge in [0.15, 0.2) is 0 Å². The highest BCUT2D eigenvalue weighted by atomic mass is 19.1. The maximum atomic E-state index is 12.8. The van der Waals surface area contributed by atoms with E-state index >= 15 is 0 Å². The smallest absolute Gasteiger partial charge is 0.271 e. The van der Waals surface area contributed by atoms with Crippen molar-refractivity contribution >= 4 is 17.3 Å². The Morgan fingerprint density at radius 2 is 1.90 bits per heavy atom. The van der Waals surface area contributed by atoms with Gasteiger partial charge in [-0.15, -0.1) is 0 Å². The molecule has 0 aliphatic rings. The second-order valence-electron chi connectivity index (χ2n) is 4.10. The molecule has 0 saturated heterocycles. The van der Waals surface area contributed by atoms with Gasteiger partial charge in [-0.05, 0) is 30.3 Å². The molecule has 0 radical (unpaired) electrons. The lowest BCUT2D eigenvalue weighted by molar-refractivity contribution is -0.384. The van der Waals surface area contributed by atoms with Crippen LogP contribution >= 0.6 is 0 Å². The highest BCUT2D eigenvalue weighted by molar-refractivity contribution is 6.05. The minimum absolute atomic E-state index is 0.168. The van der Waals surface area contributed by atoms with Crippen LogP contribution in [0.1, 0.15) is 10.4 Å². The Bertz CT molecular complexity index is 686. The first-order valence-electron chi connectivity index (χ1n) is 5.90. The van der Waals surface area contributed by atoms with Crippen molar-refractivity contribution in [1.82, 2.24) is 0 Å². The molecule has 2 rings (SSSR count). The number of hydrogen-bond acceptors (Lipinski definition) is 4. The van der Waals surface area contributed by atoms with Crippen molar-refractivity contribution in [3.05, 3.63) is 64.0 Å². The first kappa shape index (κ1) is 14.4. The van der Waals surface area contributed by atoms with Crippen molar-refractivity contribution in [3.8, 4) is 5.75 Å². The van der Waals surface area contributed by atoms with Gasteiger partial charge in [0, 0.05) is 17.7 Å². The van der Waals surface area contributed by atoms with Crippen molar-refractivity contribution < 1.29 is 18.8 Å². The summed E-state index contributed by atoms with van der Waals surface area (Å²) in [6.45, 7) is 0. The standard InChI is InChI=1S/C14H11FN2O4/c1-21-13-7-6-11(17(19)20)8-12(13)16-14(18)9-2-4-10(15)5-3-9/h2-8H,1H3,(H,16,18). The number of benzene rings is 2. The van der Waals surface area contributed by atoms with Gasteiger partial charge in [-0.1, -0.05) is 0 Å². The van der Waals surface area contributed by atoms with Gasteiger partial charge in [-0.2, -0.15) is 0 Å². The van der Waals surface area contributed by atoms with E-state index in [1.165, 1.54) is 37.4 Å². The average Bonchev–Trinajstić information content (AvgIpc) is 2.47. The van der Waals surface area contributed by atoms with Crippen LogP contribution in [0, 0.1) is 15.9 Å². The van der Waals surface area contributed by atoms with Gasteiger partial charge in [0.1, 0.15) is 11.6 Å². The Labute approximate surface area is 119 Å². The van der Waals surface area contributed by atoms with Crippen molar-refractivity contribution in [3.63, 3.8) is 0 Å². The monoisotopic (exact) mass is 290 g/mol. The molecule has 0 bridgehead atoms. The van der Waals surface area contributed by atoms with Gasteiger partial charge in [0.25, 0.3) is 11.6 Å². The molecule has 0 atom stereocenters. The molecule has 108 valence electrons. The molecule has 2 aromatic rings. The molecule has 0 aliphatic carbocycles. The highest BCUT2D eigenvalue weighted by Crippen LogP contribution is 2.29. The normalized spacial score (nSPS) is 10.0. The molecule has 0 heterocycles. The van der Waals surface area contributed by atoms with E-state index in [9.17, 15) is 19.3 Å². The molecule has 0 fully saturated rings. The maximum Gasteiger partial charge on any atom is 0.271 e. The minimum Gasteiger partial charge on any atom is -0.495 e. The number of nitrogens with zero attached hydrogens (tertiary/aromatic N) is 1. The number of anilines is 1. The summed E-state index contributed by atoms with van der Waals surface area (Å²) >= 11 is 0. The van der Waals surface area contributed by atoms with Crippen LogP contribution in [0.5, 0.6) is 5.75 Å². The lowest BCUT2D eigenvalue weighted by Gasteiger charge is -2.10. The van der Waals surface area contributed by atoms with E-state index in [4.69, 9.17) is 4.74 Å². The van der Waals surface area contributed by atoms with Gasteiger partial charge in [-0.3, -0.25) is 14.9 Å². The number of nitro groups is 1. The Morgan fingerprint density at radius 1 is 1.24 bits per heavy atom. The van der Waals surface area contributed by atoms with E-state index in [1.54, 1.807) is 0 Å². The zero-order valence-electron chi connectivity index (χ0n) is 11.0. The number of carbonyl (C=O) groups is 1. The first-order valence-corrected chi connectivity index (χ1v) is 5.90. The maximum absolute atomic E-state index is 12.8. The number of non-ortho nitro benzene ring substituents is 1. The summed E-state index contributed by atoms with van der Waals surface area (Å²) in [5, 5.41) is 13.3. The quantitative estimate of drug-likeness (QED) is 0.693. The number of methoxy groups -OCH3 is 1. The van der Waals surface area contributed by atoms with E-state index in [0.29, 0.717) is 0 Å². The van der Waals surface area contributed by atoms with Crippen molar-refractivity contribution in [1.29, 1.82) is 0 Å². The minimum atomic E-state index is -0.576. The summed E-state index contributed by atoms with van der Waals surface area (Å²) in [6, 6.07) is 8.78. The van der Waals surface area contributed by atoms with Gasteiger partial charge < -0.3 is 10.1 Å². The fourth-order valence-corrected chi connectivity index (χ4v) is 1.70. The molecule has 0 saturated carbocycles. The van der Waals surface area contributed by atoms with Gasteiger partial charge in [0.2, 0.25) is 0 Å². The number of rotatable bonds is 4. The van der Waals surface area contributed by atoms with E-state index in [2.05, 4.69) is 5.32 Å². The largest absolute Gasteiger partial charge is 0.495 e. The summed E-state index contributed by atoms with van der Waals surface area (Å²) in [5.41, 5.74) is 0.219.